The number of benzene rings is 1. The van der Waals surface area contributed by atoms with Crippen LogP contribution in [0.2, 0.25) is 0 Å². The van der Waals surface area contributed by atoms with Gasteiger partial charge < -0.3 is 5.11 Å². The SMILES string of the molecule is CC(C)[C@@H](CCO)NS(=O)(=O)c1cc(F)ccc1F. The predicted octanol–water partition coefficient (Wildman–Crippen LogP) is 1.65. The molecule has 0 aromatic heterocycles. The lowest BCUT2D eigenvalue weighted by molar-refractivity contribution is 0.255. The molecule has 0 aliphatic heterocycles. The van der Waals surface area contributed by atoms with E-state index in [9.17, 15) is 17.2 Å². The Hall–Kier alpha value is -1.05. The molecular weight excluding hydrogens is 276 g/mol. The largest absolute Gasteiger partial charge is 0.396 e. The van der Waals surface area contributed by atoms with Gasteiger partial charge in [0.05, 0.1) is 0 Å². The molecule has 1 rings (SSSR count). The molecule has 2 N–H and O–H groups in total. The molecule has 0 unspecified atom stereocenters. The van der Waals surface area contributed by atoms with Crippen molar-refractivity contribution in [2.24, 2.45) is 5.92 Å². The highest BCUT2D eigenvalue weighted by Crippen LogP contribution is 2.18. The Bertz CT molecular complexity index is 532. The second kappa shape index (κ2) is 6.40. The molecule has 0 aliphatic carbocycles. The third-order valence-electron chi connectivity index (χ3n) is 2.73. The average molecular weight is 293 g/mol. The summed E-state index contributed by atoms with van der Waals surface area (Å²) in [7, 11) is -4.16. The zero-order valence-corrected chi connectivity index (χ0v) is 11.5. The molecule has 108 valence electrons. The summed E-state index contributed by atoms with van der Waals surface area (Å²) in [5, 5.41) is 8.88. The molecule has 0 amide bonds. The van der Waals surface area contributed by atoms with Gasteiger partial charge in [-0.1, -0.05) is 13.8 Å². The molecule has 0 bridgehead atoms. The van der Waals surface area contributed by atoms with Crippen molar-refractivity contribution in [3.05, 3.63) is 29.8 Å². The minimum absolute atomic E-state index is 0.0847. The van der Waals surface area contributed by atoms with Gasteiger partial charge in [0.1, 0.15) is 16.5 Å². The van der Waals surface area contributed by atoms with Crippen molar-refractivity contribution in [1.29, 1.82) is 0 Å². The van der Waals surface area contributed by atoms with E-state index in [0.717, 1.165) is 12.1 Å². The highest BCUT2D eigenvalue weighted by molar-refractivity contribution is 7.89. The Labute approximate surface area is 111 Å². The Morgan fingerprint density at radius 2 is 1.95 bits per heavy atom. The summed E-state index contributed by atoms with van der Waals surface area (Å²) < 4.78 is 52.8. The van der Waals surface area contributed by atoms with E-state index >= 15 is 0 Å². The molecule has 1 aromatic rings. The number of sulfonamides is 1. The first kappa shape index (κ1) is 16.0. The lowest BCUT2D eigenvalue weighted by Gasteiger charge is -2.21. The van der Waals surface area contributed by atoms with Gasteiger partial charge in [0, 0.05) is 12.6 Å². The second-order valence-corrected chi connectivity index (χ2v) is 6.24. The Morgan fingerprint density at radius 1 is 1.32 bits per heavy atom. The van der Waals surface area contributed by atoms with E-state index in [1.807, 2.05) is 0 Å². The summed E-state index contributed by atoms with van der Waals surface area (Å²) in [6, 6.07) is 1.70. The van der Waals surface area contributed by atoms with Crippen LogP contribution in [0.4, 0.5) is 8.78 Å². The van der Waals surface area contributed by atoms with Crippen LogP contribution < -0.4 is 4.72 Å². The fraction of sp³-hybridized carbons (Fsp3) is 0.500. The number of hydrogen-bond donors (Lipinski definition) is 2. The van der Waals surface area contributed by atoms with Crippen LogP contribution in [-0.4, -0.2) is 26.2 Å². The molecule has 0 fully saturated rings. The monoisotopic (exact) mass is 293 g/mol. The van der Waals surface area contributed by atoms with E-state index in [1.54, 1.807) is 13.8 Å². The van der Waals surface area contributed by atoms with Crippen LogP contribution in [0, 0.1) is 17.6 Å². The van der Waals surface area contributed by atoms with Gasteiger partial charge >= 0.3 is 0 Å². The fourth-order valence-corrected chi connectivity index (χ4v) is 3.12. The van der Waals surface area contributed by atoms with Gasteiger partial charge in [-0.2, -0.15) is 0 Å². The zero-order chi connectivity index (χ0) is 14.6. The van der Waals surface area contributed by atoms with Crippen molar-refractivity contribution in [2.75, 3.05) is 6.61 Å². The Kier molecular flexibility index (Phi) is 5.39. The fourth-order valence-electron chi connectivity index (χ4n) is 1.61. The smallest absolute Gasteiger partial charge is 0.243 e. The highest BCUT2D eigenvalue weighted by atomic mass is 32.2. The predicted molar refractivity (Wildman–Crippen MR) is 67.0 cm³/mol. The highest BCUT2D eigenvalue weighted by Gasteiger charge is 2.25. The van der Waals surface area contributed by atoms with Gasteiger partial charge in [-0.15, -0.1) is 0 Å². The van der Waals surface area contributed by atoms with Crippen molar-refractivity contribution < 1.29 is 22.3 Å². The second-order valence-electron chi connectivity index (χ2n) is 4.56. The summed E-state index contributed by atoms with van der Waals surface area (Å²) in [6.07, 6.45) is 0.202. The van der Waals surface area contributed by atoms with Crippen LogP contribution in [0.1, 0.15) is 20.3 Å². The van der Waals surface area contributed by atoms with Crippen molar-refractivity contribution in [3.8, 4) is 0 Å². The average Bonchev–Trinajstić information content (AvgIpc) is 2.31. The van der Waals surface area contributed by atoms with Crippen LogP contribution in [0.15, 0.2) is 23.1 Å². The maximum absolute atomic E-state index is 13.5. The Morgan fingerprint density at radius 3 is 2.47 bits per heavy atom. The molecule has 7 heteroatoms. The minimum Gasteiger partial charge on any atom is -0.396 e. The van der Waals surface area contributed by atoms with Crippen LogP contribution in [0.3, 0.4) is 0 Å². The van der Waals surface area contributed by atoms with E-state index in [2.05, 4.69) is 4.72 Å². The van der Waals surface area contributed by atoms with Gasteiger partial charge in [-0.3, -0.25) is 0 Å². The molecule has 0 heterocycles. The van der Waals surface area contributed by atoms with Crippen LogP contribution in [0.5, 0.6) is 0 Å². The molecular formula is C12H17F2NO3S. The number of aliphatic hydroxyl groups excluding tert-OH is 1. The van der Waals surface area contributed by atoms with Crippen LogP contribution in [0.25, 0.3) is 0 Å². The third-order valence-corrected chi connectivity index (χ3v) is 4.24. The zero-order valence-electron chi connectivity index (χ0n) is 10.7. The van der Waals surface area contributed by atoms with E-state index in [0.29, 0.717) is 6.07 Å². The third kappa shape index (κ3) is 4.22. The summed E-state index contributed by atoms with van der Waals surface area (Å²) in [4.78, 5) is -0.726. The first-order chi connectivity index (χ1) is 8.77. The molecule has 1 atom stereocenters. The molecule has 0 saturated heterocycles. The summed E-state index contributed by atoms with van der Waals surface area (Å²) in [6.45, 7) is 3.34. The minimum atomic E-state index is -4.16. The quantitative estimate of drug-likeness (QED) is 0.838. The van der Waals surface area contributed by atoms with Gasteiger partial charge in [-0.25, -0.2) is 21.9 Å². The van der Waals surface area contributed by atoms with Gasteiger partial charge in [0.15, 0.2) is 0 Å². The van der Waals surface area contributed by atoms with E-state index in [-0.39, 0.29) is 18.9 Å². The standard InChI is InChI=1S/C12H17F2NO3S/c1-8(2)11(5-6-16)15-19(17,18)12-7-9(13)3-4-10(12)14/h3-4,7-8,11,15-16H,5-6H2,1-2H3/t11-/m1/s1. The number of aliphatic hydroxyl groups is 1. The molecule has 4 nitrogen and oxygen atoms in total. The maximum Gasteiger partial charge on any atom is 0.243 e. The molecule has 0 spiro atoms. The first-order valence-electron chi connectivity index (χ1n) is 5.86. The lowest BCUT2D eigenvalue weighted by atomic mass is 10.0. The lowest BCUT2D eigenvalue weighted by Crippen LogP contribution is -2.39. The number of nitrogens with one attached hydrogen (secondary N) is 1. The topological polar surface area (TPSA) is 66.4 Å². The van der Waals surface area contributed by atoms with Gasteiger partial charge in [0.2, 0.25) is 10.0 Å². The maximum atomic E-state index is 13.5. The normalized spacial score (nSPS) is 13.8. The number of hydrogen-bond acceptors (Lipinski definition) is 3. The van der Waals surface area contributed by atoms with Crippen molar-refractivity contribution in [1.82, 2.24) is 4.72 Å². The van der Waals surface area contributed by atoms with E-state index in [1.165, 1.54) is 0 Å². The van der Waals surface area contributed by atoms with E-state index < -0.39 is 32.6 Å². The van der Waals surface area contributed by atoms with Crippen LogP contribution in [-0.2, 0) is 10.0 Å². The first-order valence-corrected chi connectivity index (χ1v) is 7.34. The molecule has 0 saturated carbocycles. The van der Waals surface area contributed by atoms with Crippen molar-refractivity contribution in [3.63, 3.8) is 0 Å². The number of rotatable bonds is 6. The summed E-state index contributed by atoms with van der Waals surface area (Å²) >= 11 is 0. The molecule has 19 heavy (non-hydrogen) atoms. The molecule has 0 aliphatic rings. The number of halogens is 2. The Balaban J connectivity index is 3.06. The molecule has 0 radical (unpaired) electrons. The van der Waals surface area contributed by atoms with Crippen LogP contribution >= 0.6 is 0 Å². The summed E-state index contributed by atoms with van der Waals surface area (Å²) in [5.74, 6) is -1.93. The van der Waals surface area contributed by atoms with Gasteiger partial charge in [0.25, 0.3) is 0 Å². The van der Waals surface area contributed by atoms with Crippen molar-refractivity contribution in [2.45, 2.75) is 31.2 Å². The van der Waals surface area contributed by atoms with Crippen molar-refractivity contribution >= 4 is 10.0 Å². The van der Waals surface area contributed by atoms with Gasteiger partial charge in [-0.05, 0) is 30.5 Å². The molecule has 1 aromatic carbocycles. The summed E-state index contributed by atoms with van der Waals surface area (Å²) in [5.41, 5.74) is 0. The van der Waals surface area contributed by atoms with E-state index in [4.69, 9.17) is 5.11 Å².